The zero-order chi connectivity index (χ0) is 20.8. The van der Waals surface area contributed by atoms with E-state index in [0.717, 1.165) is 49.3 Å². The van der Waals surface area contributed by atoms with Crippen LogP contribution in [0.4, 0.5) is 0 Å². The van der Waals surface area contributed by atoms with Crippen LogP contribution in [0.2, 0.25) is 0 Å². The Labute approximate surface area is 178 Å². The van der Waals surface area contributed by atoms with Crippen molar-refractivity contribution in [3.63, 3.8) is 0 Å². The van der Waals surface area contributed by atoms with E-state index in [2.05, 4.69) is 44.5 Å². The highest BCUT2D eigenvalue weighted by Gasteiger charge is 2.44. The first kappa shape index (κ1) is 20.2. The van der Waals surface area contributed by atoms with Crippen LogP contribution >= 0.6 is 0 Å². The van der Waals surface area contributed by atoms with Gasteiger partial charge in [-0.05, 0) is 67.3 Å². The minimum Gasteiger partial charge on any atom is -0.356 e. The van der Waals surface area contributed by atoms with Crippen LogP contribution < -0.4 is 5.32 Å². The number of benzene rings is 1. The van der Waals surface area contributed by atoms with Gasteiger partial charge in [-0.25, -0.2) is 0 Å². The van der Waals surface area contributed by atoms with Crippen LogP contribution in [-0.2, 0) is 17.8 Å². The maximum atomic E-state index is 13.1. The number of carbonyl (C=O) groups excluding carboxylic acids is 1. The molecule has 1 aromatic carbocycles. The zero-order valence-corrected chi connectivity index (χ0v) is 17.4. The second-order valence-corrected chi connectivity index (χ2v) is 8.03. The lowest BCUT2D eigenvalue weighted by atomic mass is 9.79. The molecule has 1 N–H and O–H groups in total. The van der Waals surface area contributed by atoms with Crippen molar-refractivity contribution in [1.82, 2.24) is 20.2 Å². The van der Waals surface area contributed by atoms with Gasteiger partial charge in [0.05, 0.1) is 11.1 Å². The summed E-state index contributed by atoms with van der Waals surface area (Å²) in [7, 11) is 0. The number of amides is 1. The fraction of sp³-hybridized carbons (Fsp3) is 0.320. The smallest absolute Gasteiger partial charge is 0.227 e. The van der Waals surface area contributed by atoms with Crippen molar-refractivity contribution in [1.29, 1.82) is 0 Å². The second kappa shape index (κ2) is 9.18. The molecule has 3 heterocycles. The summed E-state index contributed by atoms with van der Waals surface area (Å²) in [5, 5.41) is 3.08. The molecule has 0 aliphatic carbocycles. The molecule has 3 aromatic rings. The molecule has 0 unspecified atom stereocenters. The Hall–Kier alpha value is -3.05. The molecule has 5 nitrogen and oxygen atoms in total. The topological polar surface area (TPSA) is 58.1 Å². The molecule has 0 bridgehead atoms. The number of aromatic nitrogens is 2. The van der Waals surface area contributed by atoms with Crippen molar-refractivity contribution in [2.45, 2.75) is 26.3 Å². The standard InChI is InChI=1S/C25H28N4O/c1-2-27-24(30)25(12-16-29(19-25)18-23-5-3-4-13-28-23)17-20-6-8-21(9-7-20)22-10-14-26-15-11-22/h3-11,13-15H,2,12,16-19H2,1H3,(H,27,30)/t25-/m0/s1. The second-order valence-electron chi connectivity index (χ2n) is 8.03. The summed E-state index contributed by atoms with van der Waals surface area (Å²) in [5.41, 5.74) is 4.15. The minimum absolute atomic E-state index is 0.159. The van der Waals surface area contributed by atoms with Gasteiger partial charge in [-0.3, -0.25) is 19.7 Å². The Morgan fingerprint density at radius 1 is 1.03 bits per heavy atom. The third kappa shape index (κ3) is 4.57. The van der Waals surface area contributed by atoms with Gasteiger partial charge in [0.1, 0.15) is 0 Å². The Morgan fingerprint density at radius 3 is 2.50 bits per heavy atom. The summed E-state index contributed by atoms with van der Waals surface area (Å²) in [6.45, 7) is 5.07. The first-order valence-electron chi connectivity index (χ1n) is 10.6. The van der Waals surface area contributed by atoms with Crippen molar-refractivity contribution in [3.05, 3.63) is 84.4 Å². The van der Waals surface area contributed by atoms with E-state index in [1.165, 1.54) is 5.56 Å². The molecule has 0 saturated carbocycles. The van der Waals surface area contributed by atoms with E-state index in [1.807, 2.05) is 55.8 Å². The molecule has 4 rings (SSSR count). The van der Waals surface area contributed by atoms with Gasteiger partial charge in [-0.2, -0.15) is 0 Å². The van der Waals surface area contributed by atoms with Gasteiger partial charge in [0.2, 0.25) is 5.91 Å². The minimum atomic E-state index is -0.400. The molecule has 1 aliphatic heterocycles. The van der Waals surface area contributed by atoms with E-state index >= 15 is 0 Å². The summed E-state index contributed by atoms with van der Waals surface area (Å²) in [4.78, 5) is 24.0. The summed E-state index contributed by atoms with van der Waals surface area (Å²) < 4.78 is 0. The Balaban J connectivity index is 1.51. The predicted molar refractivity (Wildman–Crippen MR) is 119 cm³/mol. The number of likely N-dealkylation sites (tertiary alicyclic amines) is 1. The predicted octanol–water partition coefficient (Wildman–Crippen LogP) is 3.71. The lowest BCUT2D eigenvalue weighted by Crippen LogP contribution is -2.44. The van der Waals surface area contributed by atoms with Crippen LogP contribution in [0.1, 0.15) is 24.6 Å². The van der Waals surface area contributed by atoms with E-state index in [0.29, 0.717) is 6.54 Å². The maximum absolute atomic E-state index is 13.1. The highest BCUT2D eigenvalue weighted by Crippen LogP contribution is 2.36. The fourth-order valence-electron chi connectivity index (χ4n) is 4.32. The number of pyridine rings is 2. The van der Waals surface area contributed by atoms with Crippen LogP contribution in [0.15, 0.2) is 73.2 Å². The van der Waals surface area contributed by atoms with E-state index in [9.17, 15) is 4.79 Å². The van der Waals surface area contributed by atoms with Crippen molar-refractivity contribution in [2.24, 2.45) is 5.41 Å². The van der Waals surface area contributed by atoms with Crippen molar-refractivity contribution < 1.29 is 4.79 Å². The molecule has 1 atom stereocenters. The van der Waals surface area contributed by atoms with E-state index in [-0.39, 0.29) is 5.91 Å². The van der Waals surface area contributed by atoms with Gasteiger partial charge in [0.25, 0.3) is 0 Å². The number of nitrogens with zero attached hydrogens (tertiary/aromatic N) is 3. The summed E-state index contributed by atoms with van der Waals surface area (Å²) >= 11 is 0. The van der Waals surface area contributed by atoms with E-state index < -0.39 is 5.41 Å². The van der Waals surface area contributed by atoms with Crippen LogP contribution in [-0.4, -0.2) is 40.4 Å². The Bertz CT molecular complexity index is 959. The molecule has 1 fully saturated rings. The third-order valence-electron chi connectivity index (χ3n) is 5.87. The molecular weight excluding hydrogens is 372 g/mol. The normalized spacial score (nSPS) is 19.0. The quantitative estimate of drug-likeness (QED) is 0.657. The van der Waals surface area contributed by atoms with E-state index in [4.69, 9.17) is 0 Å². The summed E-state index contributed by atoms with van der Waals surface area (Å²) in [6.07, 6.45) is 7.04. The summed E-state index contributed by atoms with van der Waals surface area (Å²) in [5.74, 6) is 0.159. The van der Waals surface area contributed by atoms with Gasteiger partial charge >= 0.3 is 0 Å². The molecule has 2 aromatic heterocycles. The molecule has 30 heavy (non-hydrogen) atoms. The largest absolute Gasteiger partial charge is 0.356 e. The molecule has 154 valence electrons. The first-order chi connectivity index (χ1) is 14.7. The van der Waals surface area contributed by atoms with Crippen molar-refractivity contribution >= 4 is 5.91 Å². The highest BCUT2D eigenvalue weighted by molar-refractivity contribution is 5.83. The van der Waals surface area contributed by atoms with Gasteiger partial charge in [-0.15, -0.1) is 0 Å². The number of carbonyl (C=O) groups is 1. The zero-order valence-electron chi connectivity index (χ0n) is 17.4. The van der Waals surface area contributed by atoms with E-state index in [1.54, 1.807) is 0 Å². The SMILES string of the molecule is CCNC(=O)[C@]1(Cc2ccc(-c3ccncc3)cc2)CCN(Cc2ccccn2)C1. The highest BCUT2D eigenvalue weighted by atomic mass is 16.2. The monoisotopic (exact) mass is 400 g/mol. The van der Waals surface area contributed by atoms with Gasteiger partial charge in [-0.1, -0.05) is 30.3 Å². The molecule has 0 radical (unpaired) electrons. The Kier molecular flexibility index (Phi) is 6.19. The van der Waals surface area contributed by atoms with Gasteiger partial charge in [0, 0.05) is 38.2 Å². The molecule has 1 saturated heterocycles. The number of rotatable bonds is 7. The third-order valence-corrected chi connectivity index (χ3v) is 5.87. The molecule has 5 heteroatoms. The molecule has 1 amide bonds. The first-order valence-corrected chi connectivity index (χ1v) is 10.6. The molecule has 1 aliphatic rings. The van der Waals surface area contributed by atoms with Crippen molar-refractivity contribution in [2.75, 3.05) is 19.6 Å². The van der Waals surface area contributed by atoms with Crippen LogP contribution in [0, 0.1) is 5.41 Å². The maximum Gasteiger partial charge on any atom is 0.227 e. The summed E-state index contributed by atoms with van der Waals surface area (Å²) in [6, 6.07) is 18.6. The number of nitrogens with one attached hydrogen (secondary N) is 1. The molecular formula is C25H28N4O. The fourth-order valence-corrected chi connectivity index (χ4v) is 4.32. The van der Waals surface area contributed by atoms with Crippen LogP contribution in [0.5, 0.6) is 0 Å². The lowest BCUT2D eigenvalue weighted by molar-refractivity contribution is -0.130. The van der Waals surface area contributed by atoms with Gasteiger partial charge < -0.3 is 5.32 Å². The van der Waals surface area contributed by atoms with Crippen LogP contribution in [0.25, 0.3) is 11.1 Å². The van der Waals surface area contributed by atoms with Gasteiger partial charge in [0.15, 0.2) is 0 Å². The number of hydrogen-bond donors (Lipinski definition) is 1. The molecule has 0 spiro atoms. The van der Waals surface area contributed by atoms with Crippen LogP contribution in [0.3, 0.4) is 0 Å². The van der Waals surface area contributed by atoms with Crippen molar-refractivity contribution in [3.8, 4) is 11.1 Å². The number of hydrogen-bond acceptors (Lipinski definition) is 4. The average Bonchev–Trinajstić information content (AvgIpc) is 3.19. The Morgan fingerprint density at radius 2 is 1.80 bits per heavy atom. The average molecular weight is 401 g/mol. The lowest BCUT2D eigenvalue weighted by Gasteiger charge is -2.28.